The van der Waals surface area contributed by atoms with E-state index in [1.807, 2.05) is 0 Å². The molecule has 9 nitrogen and oxygen atoms in total. The van der Waals surface area contributed by atoms with E-state index in [-0.39, 0.29) is 12.5 Å². The van der Waals surface area contributed by atoms with Crippen LogP contribution in [0.5, 0.6) is 5.75 Å². The van der Waals surface area contributed by atoms with Gasteiger partial charge in [0, 0.05) is 6.54 Å². The molecule has 186 valence electrons. The van der Waals surface area contributed by atoms with E-state index >= 15 is 0 Å². The Hall–Kier alpha value is -2.65. The van der Waals surface area contributed by atoms with E-state index in [1.165, 1.54) is 38.8 Å². The van der Waals surface area contributed by atoms with Gasteiger partial charge in [-0.15, -0.1) is 0 Å². The number of carbonyl (C=O) groups excluding carboxylic acids is 3. The van der Waals surface area contributed by atoms with Gasteiger partial charge >= 0.3 is 6.03 Å². The number of hydrogen-bond donors (Lipinski definition) is 2. The summed E-state index contributed by atoms with van der Waals surface area (Å²) < 4.78 is 5.24. The standard InChI is InChI=1S/C25H37N5O4/c1-25(20-8-7-9-21(16-20)34-2)23(32)30(24(33)26-25)27-22(31)18-29-14-10-19(11-15-29)17-28-12-5-3-4-6-13-28/h7-9,16,19H,3-6,10-15,17-18H2,1-2H3,(H,26,33)(H,27,31). The molecular formula is C25H37N5O4. The number of piperidine rings is 1. The first-order valence-corrected chi connectivity index (χ1v) is 12.4. The number of nitrogens with one attached hydrogen (secondary N) is 2. The topological polar surface area (TPSA) is 94.2 Å². The second-order valence-electron chi connectivity index (χ2n) is 9.90. The average molecular weight is 472 g/mol. The average Bonchev–Trinajstić information content (AvgIpc) is 3.01. The van der Waals surface area contributed by atoms with Gasteiger partial charge in [0.2, 0.25) is 0 Å². The number of hydrogen-bond acceptors (Lipinski definition) is 6. The van der Waals surface area contributed by atoms with Crippen LogP contribution >= 0.6 is 0 Å². The maximum absolute atomic E-state index is 13.1. The fourth-order valence-electron chi connectivity index (χ4n) is 5.24. The predicted molar refractivity (Wildman–Crippen MR) is 128 cm³/mol. The summed E-state index contributed by atoms with van der Waals surface area (Å²) in [6, 6.07) is 6.35. The molecule has 0 spiro atoms. The minimum atomic E-state index is -1.27. The Morgan fingerprint density at radius 2 is 1.79 bits per heavy atom. The summed E-state index contributed by atoms with van der Waals surface area (Å²) >= 11 is 0. The summed E-state index contributed by atoms with van der Waals surface area (Å²) in [6.07, 6.45) is 7.44. The molecule has 0 aliphatic carbocycles. The number of likely N-dealkylation sites (tertiary alicyclic amines) is 2. The van der Waals surface area contributed by atoms with Gasteiger partial charge in [0.1, 0.15) is 11.3 Å². The molecular weight excluding hydrogens is 434 g/mol. The van der Waals surface area contributed by atoms with E-state index in [9.17, 15) is 14.4 Å². The van der Waals surface area contributed by atoms with Crippen molar-refractivity contribution in [2.75, 3.05) is 46.4 Å². The molecule has 0 radical (unpaired) electrons. The van der Waals surface area contributed by atoms with Gasteiger partial charge in [-0.2, -0.15) is 5.01 Å². The Balaban J connectivity index is 1.27. The Kier molecular flexibility index (Phi) is 7.73. The van der Waals surface area contributed by atoms with Crippen molar-refractivity contribution >= 4 is 17.8 Å². The van der Waals surface area contributed by atoms with Crippen molar-refractivity contribution in [1.29, 1.82) is 0 Å². The smallest absolute Gasteiger partial charge is 0.344 e. The van der Waals surface area contributed by atoms with E-state index in [0.717, 1.165) is 37.5 Å². The monoisotopic (exact) mass is 471 g/mol. The third-order valence-electron chi connectivity index (χ3n) is 7.36. The number of hydrazine groups is 1. The molecule has 1 aromatic rings. The minimum absolute atomic E-state index is 0.170. The fourth-order valence-corrected chi connectivity index (χ4v) is 5.24. The van der Waals surface area contributed by atoms with Crippen molar-refractivity contribution in [1.82, 2.24) is 25.6 Å². The lowest BCUT2D eigenvalue weighted by atomic mass is 9.92. The number of methoxy groups -OCH3 is 1. The number of nitrogens with zero attached hydrogens (tertiary/aromatic N) is 3. The lowest BCUT2D eigenvalue weighted by Gasteiger charge is -2.34. The molecule has 1 unspecified atom stereocenters. The van der Waals surface area contributed by atoms with Crippen LogP contribution in [0.2, 0.25) is 0 Å². The van der Waals surface area contributed by atoms with Gasteiger partial charge in [-0.3, -0.25) is 19.9 Å². The second-order valence-corrected chi connectivity index (χ2v) is 9.90. The molecule has 3 fully saturated rings. The number of imide groups is 1. The van der Waals surface area contributed by atoms with Crippen LogP contribution in [0.15, 0.2) is 24.3 Å². The molecule has 0 saturated carbocycles. The number of ether oxygens (including phenoxy) is 1. The fraction of sp³-hybridized carbons (Fsp3) is 0.640. The first-order valence-electron chi connectivity index (χ1n) is 12.4. The largest absolute Gasteiger partial charge is 0.497 e. The normalized spacial score (nSPS) is 25.2. The highest BCUT2D eigenvalue weighted by molar-refractivity contribution is 6.08. The summed E-state index contributed by atoms with van der Waals surface area (Å²) in [5.41, 5.74) is 1.83. The highest BCUT2D eigenvalue weighted by Gasteiger charge is 2.50. The molecule has 4 rings (SSSR count). The van der Waals surface area contributed by atoms with E-state index < -0.39 is 17.5 Å². The zero-order valence-corrected chi connectivity index (χ0v) is 20.3. The van der Waals surface area contributed by atoms with Crippen molar-refractivity contribution in [2.24, 2.45) is 5.92 Å². The van der Waals surface area contributed by atoms with E-state index in [4.69, 9.17) is 4.74 Å². The Morgan fingerprint density at radius 1 is 1.09 bits per heavy atom. The third kappa shape index (κ3) is 5.52. The molecule has 1 aromatic carbocycles. The zero-order valence-electron chi connectivity index (χ0n) is 20.3. The lowest BCUT2D eigenvalue weighted by Crippen LogP contribution is -2.51. The number of rotatable bonds is 7. The zero-order chi connectivity index (χ0) is 24.1. The van der Waals surface area contributed by atoms with E-state index in [2.05, 4.69) is 20.5 Å². The first-order chi connectivity index (χ1) is 16.4. The molecule has 0 aromatic heterocycles. The summed E-state index contributed by atoms with van der Waals surface area (Å²) in [5, 5.41) is 3.50. The summed E-state index contributed by atoms with van der Waals surface area (Å²) in [4.78, 5) is 43.0. The maximum Gasteiger partial charge on any atom is 0.344 e. The molecule has 3 aliphatic rings. The van der Waals surface area contributed by atoms with Crippen LogP contribution in [0.1, 0.15) is 51.0 Å². The predicted octanol–water partition coefficient (Wildman–Crippen LogP) is 2.08. The SMILES string of the molecule is COc1cccc(C2(C)NC(=O)N(NC(=O)CN3CCC(CN4CCCCCC4)CC3)C2=O)c1. The Bertz CT molecular complexity index is 893. The van der Waals surface area contributed by atoms with Crippen LogP contribution in [-0.2, 0) is 15.1 Å². The lowest BCUT2D eigenvalue weighted by molar-refractivity contribution is -0.139. The molecule has 0 bridgehead atoms. The van der Waals surface area contributed by atoms with E-state index in [0.29, 0.717) is 17.2 Å². The van der Waals surface area contributed by atoms with Gasteiger partial charge in [-0.05, 0) is 82.4 Å². The van der Waals surface area contributed by atoms with Crippen molar-refractivity contribution in [3.8, 4) is 5.75 Å². The Morgan fingerprint density at radius 3 is 2.47 bits per heavy atom. The highest BCUT2D eigenvalue weighted by Crippen LogP contribution is 2.30. The first kappa shape index (κ1) is 24.5. The van der Waals surface area contributed by atoms with Crippen LogP contribution in [0.25, 0.3) is 0 Å². The molecule has 9 heteroatoms. The number of urea groups is 1. The van der Waals surface area contributed by atoms with Gasteiger partial charge in [0.05, 0.1) is 13.7 Å². The molecule has 3 heterocycles. The summed E-state index contributed by atoms with van der Waals surface area (Å²) in [7, 11) is 1.54. The highest BCUT2D eigenvalue weighted by atomic mass is 16.5. The van der Waals surface area contributed by atoms with Gasteiger partial charge < -0.3 is 15.0 Å². The molecule has 2 N–H and O–H groups in total. The maximum atomic E-state index is 13.1. The van der Waals surface area contributed by atoms with Crippen LogP contribution in [0.3, 0.4) is 0 Å². The van der Waals surface area contributed by atoms with Crippen molar-refractivity contribution in [3.05, 3.63) is 29.8 Å². The molecule has 34 heavy (non-hydrogen) atoms. The number of carbonyl (C=O) groups is 3. The third-order valence-corrected chi connectivity index (χ3v) is 7.36. The van der Waals surface area contributed by atoms with Gasteiger partial charge in [0.25, 0.3) is 11.8 Å². The summed E-state index contributed by atoms with van der Waals surface area (Å²) in [5.74, 6) is 0.383. The van der Waals surface area contributed by atoms with Crippen molar-refractivity contribution < 1.29 is 19.1 Å². The minimum Gasteiger partial charge on any atom is -0.497 e. The van der Waals surface area contributed by atoms with Crippen LogP contribution in [0, 0.1) is 5.92 Å². The molecule has 3 aliphatic heterocycles. The second kappa shape index (κ2) is 10.7. The van der Waals surface area contributed by atoms with Crippen LogP contribution in [-0.4, -0.2) is 79.0 Å². The van der Waals surface area contributed by atoms with Crippen LogP contribution in [0.4, 0.5) is 4.79 Å². The molecule has 4 amide bonds. The van der Waals surface area contributed by atoms with Gasteiger partial charge in [-0.25, -0.2) is 4.79 Å². The molecule has 1 atom stereocenters. The van der Waals surface area contributed by atoms with Crippen molar-refractivity contribution in [2.45, 2.75) is 51.0 Å². The number of amides is 4. The summed E-state index contributed by atoms with van der Waals surface area (Å²) in [6.45, 7) is 7.09. The quantitative estimate of drug-likeness (QED) is 0.592. The van der Waals surface area contributed by atoms with Crippen molar-refractivity contribution in [3.63, 3.8) is 0 Å². The van der Waals surface area contributed by atoms with Crippen LogP contribution < -0.4 is 15.5 Å². The van der Waals surface area contributed by atoms with E-state index in [1.54, 1.807) is 38.3 Å². The van der Waals surface area contributed by atoms with Gasteiger partial charge in [-0.1, -0.05) is 25.0 Å². The van der Waals surface area contributed by atoms with Gasteiger partial charge in [0.15, 0.2) is 0 Å². The number of benzene rings is 1. The Labute approximate surface area is 201 Å². The molecule has 3 saturated heterocycles.